The minimum atomic E-state index is -4.74. The summed E-state index contributed by atoms with van der Waals surface area (Å²) in [5.74, 6) is -0.747. The molecule has 0 radical (unpaired) electrons. The molecule has 1 rings (SSSR count). The van der Waals surface area contributed by atoms with Crippen molar-refractivity contribution in [3.63, 3.8) is 0 Å². The van der Waals surface area contributed by atoms with Crippen molar-refractivity contribution in [1.29, 1.82) is 0 Å². The third-order valence-corrected chi connectivity index (χ3v) is 4.43. The van der Waals surface area contributed by atoms with Crippen molar-refractivity contribution in [3.05, 3.63) is 35.9 Å². The van der Waals surface area contributed by atoms with Crippen molar-refractivity contribution in [2.75, 3.05) is 11.5 Å². The average Bonchev–Trinajstić information content (AvgIpc) is 2.46. The monoisotopic (exact) mass is 351 g/mol. The third-order valence-electron chi connectivity index (χ3n) is 3.42. The number of halogens is 3. The first kappa shape index (κ1) is 19.8. The number of rotatable bonds is 9. The zero-order chi connectivity index (χ0) is 17.5. The Balaban J connectivity index is 2.54. The summed E-state index contributed by atoms with van der Waals surface area (Å²) in [7, 11) is 0. The van der Waals surface area contributed by atoms with E-state index in [0.717, 1.165) is 11.8 Å². The Morgan fingerprint density at radius 3 is 2.35 bits per heavy atom. The predicted molar refractivity (Wildman–Crippen MR) is 83.3 cm³/mol. The number of carboxylic acids is 1. The topological polar surface area (TPSA) is 83.5 Å². The first-order valence-electron chi connectivity index (χ1n) is 7.05. The van der Waals surface area contributed by atoms with Crippen LogP contribution < -0.4 is 5.73 Å². The Labute approximate surface area is 136 Å². The van der Waals surface area contributed by atoms with Crippen LogP contribution >= 0.6 is 11.8 Å². The number of nitrogens with two attached hydrogens (primary N) is 1. The molecule has 0 aliphatic heterocycles. The molecule has 1 aromatic carbocycles. The van der Waals surface area contributed by atoms with E-state index in [1.165, 1.54) is 12.1 Å². The van der Waals surface area contributed by atoms with Gasteiger partial charge in [-0.05, 0) is 29.9 Å². The van der Waals surface area contributed by atoms with Gasteiger partial charge in [0, 0.05) is 6.42 Å². The maximum Gasteiger partial charge on any atom is 0.417 e. The van der Waals surface area contributed by atoms with Crippen LogP contribution in [0.3, 0.4) is 0 Å². The smallest absolute Gasteiger partial charge is 0.417 e. The lowest BCUT2D eigenvalue weighted by Gasteiger charge is -2.30. The lowest BCUT2D eigenvalue weighted by atomic mass is 9.91. The fraction of sp³-hybridized carbons (Fsp3) is 0.533. The Bertz CT molecular complexity index is 498. The maximum absolute atomic E-state index is 13.2. The van der Waals surface area contributed by atoms with Crippen LogP contribution in [0.15, 0.2) is 30.3 Å². The number of aliphatic hydroxyl groups is 1. The van der Waals surface area contributed by atoms with Gasteiger partial charge in [-0.1, -0.05) is 30.3 Å². The van der Waals surface area contributed by atoms with Crippen molar-refractivity contribution >= 4 is 17.7 Å². The molecular formula is C15H20F3NO3S. The maximum atomic E-state index is 13.2. The van der Waals surface area contributed by atoms with Gasteiger partial charge in [0.05, 0.1) is 0 Å². The molecule has 4 nitrogen and oxygen atoms in total. The Hall–Kier alpha value is -1.25. The largest absolute Gasteiger partial charge is 0.480 e. The molecule has 0 spiro atoms. The molecule has 2 unspecified atom stereocenters. The number of aliphatic carboxylic acids is 1. The summed E-state index contributed by atoms with van der Waals surface area (Å²) in [5.41, 5.74) is 2.93. The van der Waals surface area contributed by atoms with Gasteiger partial charge in [-0.25, -0.2) is 0 Å². The zero-order valence-corrected chi connectivity index (χ0v) is 13.2. The van der Waals surface area contributed by atoms with E-state index in [-0.39, 0.29) is 12.2 Å². The van der Waals surface area contributed by atoms with Gasteiger partial charge in [0.2, 0.25) is 0 Å². The number of carboxylic acid groups (broad SMARTS) is 1. The molecule has 0 aliphatic carbocycles. The second-order valence-corrected chi connectivity index (χ2v) is 6.51. The molecule has 23 heavy (non-hydrogen) atoms. The lowest BCUT2D eigenvalue weighted by molar-refractivity contribution is -0.260. The molecule has 0 heterocycles. The Morgan fingerprint density at radius 1 is 1.22 bits per heavy atom. The normalized spacial score (nSPS) is 15.9. The van der Waals surface area contributed by atoms with E-state index in [2.05, 4.69) is 0 Å². The molecule has 8 heteroatoms. The number of benzene rings is 1. The SMILES string of the molecule is NC(CCSCCC(O)(Cc1ccccc1)C(F)(F)F)C(=O)O. The first-order chi connectivity index (χ1) is 10.7. The molecule has 130 valence electrons. The van der Waals surface area contributed by atoms with Crippen LogP contribution in [0.4, 0.5) is 13.2 Å². The summed E-state index contributed by atoms with van der Waals surface area (Å²) in [5, 5.41) is 18.7. The zero-order valence-electron chi connectivity index (χ0n) is 12.4. The standard InChI is InChI=1S/C15H20F3NO3S/c16-15(17,18)14(22,10-11-4-2-1-3-5-11)7-9-23-8-6-12(19)13(20)21/h1-5,12,22H,6-10,19H2,(H,20,21). The number of thioether (sulfide) groups is 1. The fourth-order valence-corrected chi connectivity index (χ4v) is 3.05. The van der Waals surface area contributed by atoms with Gasteiger partial charge in [0.15, 0.2) is 5.60 Å². The second kappa shape index (κ2) is 8.56. The van der Waals surface area contributed by atoms with E-state index in [1.54, 1.807) is 18.2 Å². The molecule has 0 amide bonds. The fourth-order valence-electron chi connectivity index (χ4n) is 1.94. The van der Waals surface area contributed by atoms with Crippen molar-refractivity contribution in [2.24, 2.45) is 5.73 Å². The van der Waals surface area contributed by atoms with Gasteiger partial charge in [0.1, 0.15) is 6.04 Å². The van der Waals surface area contributed by atoms with E-state index >= 15 is 0 Å². The molecule has 0 saturated carbocycles. The quantitative estimate of drug-likeness (QED) is 0.595. The molecule has 0 bridgehead atoms. The molecule has 1 aromatic rings. The molecule has 0 fully saturated rings. The average molecular weight is 351 g/mol. The summed E-state index contributed by atoms with van der Waals surface area (Å²) < 4.78 is 39.5. The van der Waals surface area contributed by atoms with Crippen molar-refractivity contribution in [3.8, 4) is 0 Å². The van der Waals surface area contributed by atoms with Gasteiger partial charge in [0.25, 0.3) is 0 Å². The van der Waals surface area contributed by atoms with Gasteiger partial charge in [-0.3, -0.25) is 4.79 Å². The second-order valence-electron chi connectivity index (χ2n) is 5.29. The highest BCUT2D eigenvalue weighted by Gasteiger charge is 2.52. The van der Waals surface area contributed by atoms with Crippen LogP contribution in [-0.2, 0) is 11.2 Å². The highest BCUT2D eigenvalue weighted by molar-refractivity contribution is 7.99. The first-order valence-corrected chi connectivity index (χ1v) is 8.20. The van der Waals surface area contributed by atoms with Crippen LogP contribution in [0, 0.1) is 0 Å². The van der Waals surface area contributed by atoms with Crippen LogP contribution in [0.2, 0.25) is 0 Å². The van der Waals surface area contributed by atoms with Crippen molar-refractivity contribution in [1.82, 2.24) is 0 Å². The summed E-state index contributed by atoms with van der Waals surface area (Å²) in [4.78, 5) is 10.5. The summed E-state index contributed by atoms with van der Waals surface area (Å²) in [6.45, 7) is 0. The van der Waals surface area contributed by atoms with Crippen molar-refractivity contribution < 1.29 is 28.2 Å². The van der Waals surface area contributed by atoms with E-state index in [0.29, 0.717) is 11.3 Å². The number of alkyl halides is 3. The van der Waals surface area contributed by atoms with E-state index in [4.69, 9.17) is 10.8 Å². The highest BCUT2D eigenvalue weighted by atomic mass is 32.2. The minimum absolute atomic E-state index is 0.0647. The van der Waals surface area contributed by atoms with E-state index in [1.807, 2.05) is 0 Å². The molecule has 0 saturated heterocycles. The van der Waals surface area contributed by atoms with Crippen LogP contribution in [-0.4, -0.2) is 45.5 Å². The molecule has 0 aromatic heterocycles. The van der Waals surface area contributed by atoms with Crippen LogP contribution in [0.25, 0.3) is 0 Å². The molecule has 0 aliphatic rings. The third kappa shape index (κ3) is 6.40. The lowest BCUT2D eigenvalue weighted by Crippen LogP contribution is -2.47. The minimum Gasteiger partial charge on any atom is -0.480 e. The van der Waals surface area contributed by atoms with Gasteiger partial charge in [-0.2, -0.15) is 24.9 Å². The number of carbonyl (C=O) groups is 1. The van der Waals surface area contributed by atoms with E-state index in [9.17, 15) is 23.1 Å². The van der Waals surface area contributed by atoms with Gasteiger partial charge in [-0.15, -0.1) is 0 Å². The number of hydrogen-bond acceptors (Lipinski definition) is 4. The summed E-state index contributed by atoms with van der Waals surface area (Å²) in [6.07, 6.45) is -5.53. The highest BCUT2D eigenvalue weighted by Crippen LogP contribution is 2.36. The number of hydrogen-bond donors (Lipinski definition) is 3. The summed E-state index contributed by atoms with van der Waals surface area (Å²) >= 11 is 1.15. The molecule has 2 atom stereocenters. The van der Waals surface area contributed by atoms with Gasteiger partial charge < -0.3 is 15.9 Å². The molecular weight excluding hydrogens is 331 g/mol. The van der Waals surface area contributed by atoms with Crippen LogP contribution in [0.1, 0.15) is 18.4 Å². The van der Waals surface area contributed by atoms with E-state index < -0.39 is 36.6 Å². The Morgan fingerprint density at radius 2 is 1.83 bits per heavy atom. The molecule has 4 N–H and O–H groups in total. The van der Waals surface area contributed by atoms with Crippen LogP contribution in [0.5, 0.6) is 0 Å². The van der Waals surface area contributed by atoms with Gasteiger partial charge >= 0.3 is 12.1 Å². The predicted octanol–water partition coefficient (Wildman–Crippen LogP) is 2.45. The van der Waals surface area contributed by atoms with Crippen molar-refractivity contribution in [2.45, 2.75) is 37.1 Å². The Kier molecular flexibility index (Phi) is 7.37. The summed E-state index contributed by atoms with van der Waals surface area (Å²) in [6, 6.07) is 6.99.